The van der Waals surface area contributed by atoms with Gasteiger partial charge in [-0.2, -0.15) is 0 Å². The lowest BCUT2D eigenvalue weighted by atomic mass is 10.1. The van der Waals surface area contributed by atoms with Crippen LogP contribution in [0.4, 0.5) is 0 Å². The molecule has 6 nitrogen and oxygen atoms in total. The Morgan fingerprint density at radius 3 is 2.26 bits per heavy atom. The van der Waals surface area contributed by atoms with E-state index in [1.165, 1.54) is 0 Å². The van der Waals surface area contributed by atoms with Gasteiger partial charge in [-0.1, -0.05) is 30.3 Å². The number of esters is 1. The highest BCUT2D eigenvalue weighted by atomic mass is 16.5. The van der Waals surface area contributed by atoms with Gasteiger partial charge in [0, 0.05) is 0 Å². The first-order valence-electron chi connectivity index (χ1n) is 5.95. The number of rotatable bonds is 7. The number of nitrogens with two attached hydrogens (primary N) is 2. The number of hydrogen-bond donors (Lipinski definition) is 3. The van der Waals surface area contributed by atoms with Crippen LogP contribution in [-0.2, 0) is 20.9 Å². The van der Waals surface area contributed by atoms with E-state index in [4.69, 9.17) is 21.3 Å². The van der Waals surface area contributed by atoms with E-state index >= 15 is 0 Å². The number of hydrogen-bond acceptors (Lipinski definition) is 5. The molecule has 1 unspecified atom stereocenters. The molecule has 0 aliphatic heterocycles. The van der Waals surface area contributed by atoms with Crippen molar-refractivity contribution in [2.45, 2.75) is 31.5 Å². The number of carbonyl (C=O) groups is 2. The Balaban J connectivity index is 2.31. The highest BCUT2D eigenvalue weighted by Crippen LogP contribution is 2.04. The molecule has 0 amide bonds. The summed E-state index contributed by atoms with van der Waals surface area (Å²) >= 11 is 0. The Labute approximate surface area is 111 Å². The van der Waals surface area contributed by atoms with Crippen LogP contribution in [-0.4, -0.2) is 29.1 Å². The minimum atomic E-state index is -1.11. The molecule has 0 aliphatic carbocycles. The van der Waals surface area contributed by atoms with E-state index in [0.717, 1.165) is 5.56 Å². The van der Waals surface area contributed by atoms with Crippen LogP contribution < -0.4 is 11.5 Å². The summed E-state index contributed by atoms with van der Waals surface area (Å²) in [5, 5.41) is 8.60. The van der Waals surface area contributed by atoms with Crippen molar-refractivity contribution in [1.29, 1.82) is 0 Å². The van der Waals surface area contributed by atoms with Gasteiger partial charge in [0.15, 0.2) is 0 Å². The number of aliphatic carboxylic acids is 1. The Bertz CT molecular complexity index is 422. The summed E-state index contributed by atoms with van der Waals surface area (Å²) in [5.41, 5.74) is 11.8. The molecule has 0 heterocycles. The third-order valence-corrected chi connectivity index (χ3v) is 2.63. The Hall–Kier alpha value is -1.92. The number of carbonyl (C=O) groups excluding carboxylic acids is 1. The standard InChI is InChI=1S/C13H18N2O4/c14-10(12(16)17)6-7-11(15)13(18)19-8-9-4-2-1-3-5-9/h1-5,10-11H,6-8,14-15H2,(H,16,17)/t10-,11?/m0/s1. The first-order valence-corrected chi connectivity index (χ1v) is 5.95. The lowest BCUT2D eigenvalue weighted by molar-refractivity contribution is -0.147. The molecular weight excluding hydrogens is 248 g/mol. The molecule has 2 atom stereocenters. The lowest BCUT2D eigenvalue weighted by Crippen LogP contribution is -2.36. The van der Waals surface area contributed by atoms with Crippen LogP contribution in [0.15, 0.2) is 30.3 Å². The zero-order valence-electron chi connectivity index (χ0n) is 10.5. The molecule has 6 heteroatoms. The van der Waals surface area contributed by atoms with Crippen LogP contribution in [0.25, 0.3) is 0 Å². The molecule has 0 aromatic heterocycles. The maximum Gasteiger partial charge on any atom is 0.323 e. The Morgan fingerprint density at radius 2 is 1.68 bits per heavy atom. The van der Waals surface area contributed by atoms with Gasteiger partial charge < -0.3 is 21.3 Å². The average Bonchev–Trinajstić information content (AvgIpc) is 2.42. The summed E-state index contributed by atoms with van der Waals surface area (Å²) < 4.78 is 5.03. The topological polar surface area (TPSA) is 116 Å². The fraction of sp³-hybridized carbons (Fsp3) is 0.385. The summed E-state index contributed by atoms with van der Waals surface area (Å²) in [5.74, 6) is -1.66. The van der Waals surface area contributed by atoms with Gasteiger partial charge in [-0.25, -0.2) is 0 Å². The normalized spacial score (nSPS) is 13.6. The largest absolute Gasteiger partial charge is 0.480 e. The molecule has 104 valence electrons. The molecule has 0 spiro atoms. The van der Waals surface area contributed by atoms with Gasteiger partial charge in [0.2, 0.25) is 0 Å². The minimum Gasteiger partial charge on any atom is -0.480 e. The second-order valence-electron chi connectivity index (χ2n) is 4.22. The van der Waals surface area contributed by atoms with E-state index in [1.54, 1.807) is 0 Å². The van der Waals surface area contributed by atoms with E-state index in [9.17, 15) is 9.59 Å². The first kappa shape index (κ1) is 15.1. The van der Waals surface area contributed by atoms with E-state index in [0.29, 0.717) is 0 Å². The maximum atomic E-state index is 11.6. The minimum absolute atomic E-state index is 0.136. The van der Waals surface area contributed by atoms with Gasteiger partial charge in [0.25, 0.3) is 0 Å². The van der Waals surface area contributed by atoms with Crippen LogP contribution in [0, 0.1) is 0 Å². The third kappa shape index (κ3) is 5.50. The van der Waals surface area contributed by atoms with E-state index in [2.05, 4.69) is 0 Å². The molecule has 5 N–H and O–H groups in total. The maximum absolute atomic E-state index is 11.6. The van der Waals surface area contributed by atoms with Crippen LogP contribution in [0.5, 0.6) is 0 Å². The van der Waals surface area contributed by atoms with Gasteiger partial charge in [0.05, 0.1) is 0 Å². The van der Waals surface area contributed by atoms with Gasteiger partial charge in [0.1, 0.15) is 18.7 Å². The monoisotopic (exact) mass is 266 g/mol. The Kier molecular flexibility index (Phi) is 5.98. The Morgan fingerprint density at radius 1 is 1.11 bits per heavy atom. The zero-order chi connectivity index (χ0) is 14.3. The average molecular weight is 266 g/mol. The fourth-order valence-corrected chi connectivity index (χ4v) is 1.44. The predicted molar refractivity (Wildman–Crippen MR) is 69.1 cm³/mol. The van der Waals surface area contributed by atoms with E-state index in [1.807, 2.05) is 30.3 Å². The van der Waals surface area contributed by atoms with Crippen LogP contribution in [0.3, 0.4) is 0 Å². The summed E-state index contributed by atoms with van der Waals surface area (Å²) in [6.07, 6.45) is 0.317. The van der Waals surface area contributed by atoms with Gasteiger partial charge >= 0.3 is 11.9 Å². The summed E-state index contributed by atoms with van der Waals surface area (Å²) in [6, 6.07) is 7.36. The summed E-state index contributed by atoms with van der Waals surface area (Å²) in [6.45, 7) is 0.151. The number of benzene rings is 1. The van der Waals surface area contributed by atoms with Crippen molar-refractivity contribution < 1.29 is 19.4 Å². The van der Waals surface area contributed by atoms with E-state index < -0.39 is 24.0 Å². The second-order valence-corrected chi connectivity index (χ2v) is 4.22. The summed E-state index contributed by atoms with van der Waals surface area (Å²) in [7, 11) is 0. The van der Waals surface area contributed by atoms with Crippen molar-refractivity contribution in [3.63, 3.8) is 0 Å². The summed E-state index contributed by atoms with van der Waals surface area (Å²) in [4.78, 5) is 22.1. The molecule has 1 aromatic rings. The number of carboxylic acids is 1. The van der Waals surface area contributed by atoms with Crippen LogP contribution in [0.2, 0.25) is 0 Å². The van der Waals surface area contributed by atoms with Crippen molar-refractivity contribution in [3.8, 4) is 0 Å². The number of carboxylic acid groups (broad SMARTS) is 1. The van der Waals surface area contributed by atoms with Gasteiger partial charge in [-0.05, 0) is 18.4 Å². The molecule has 1 aromatic carbocycles. The lowest BCUT2D eigenvalue weighted by Gasteiger charge is -2.12. The highest BCUT2D eigenvalue weighted by molar-refractivity contribution is 5.76. The third-order valence-electron chi connectivity index (χ3n) is 2.63. The van der Waals surface area contributed by atoms with Gasteiger partial charge in [-0.15, -0.1) is 0 Å². The molecule has 0 aliphatic rings. The van der Waals surface area contributed by atoms with Gasteiger partial charge in [-0.3, -0.25) is 9.59 Å². The zero-order valence-corrected chi connectivity index (χ0v) is 10.5. The van der Waals surface area contributed by atoms with Crippen molar-refractivity contribution in [2.24, 2.45) is 11.5 Å². The van der Waals surface area contributed by atoms with Crippen molar-refractivity contribution in [2.75, 3.05) is 0 Å². The molecule has 19 heavy (non-hydrogen) atoms. The first-order chi connectivity index (χ1) is 9.00. The second kappa shape index (κ2) is 7.50. The van der Waals surface area contributed by atoms with Crippen LogP contribution in [0.1, 0.15) is 18.4 Å². The van der Waals surface area contributed by atoms with Crippen molar-refractivity contribution in [1.82, 2.24) is 0 Å². The van der Waals surface area contributed by atoms with Crippen molar-refractivity contribution >= 4 is 11.9 Å². The van der Waals surface area contributed by atoms with E-state index in [-0.39, 0.29) is 19.4 Å². The van der Waals surface area contributed by atoms with Crippen LogP contribution >= 0.6 is 0 Å². The molecule has 1 rings (SSSR count). The molecular formula is C13H18N2O4. The molecule has 0 fully saturated rings. The predicted octanol–water partition coefficient (Wildman–Crippen LogP) is 0.249. The quantitative estimate of drug-likeness (QED) is 0.609. The SMILES string of the molecule is NC(CC[C@H](N)C(=O)O)C(=O)OCc1ccccc1. The molecule has 0 saturated carbocycles. The van der Waals surface area contributed by atoms with Crippen molar-refractivity contribution in [3.05, 3.63) is 35.9 Å². The smallest absolute Gasteiger partial charge is 0.323 e. The molecule has 0 saturated heterocycles. The number of ether oxygens (including phenoxy) is 1. The molecule has 0 radical (unpaired) electrons. The molecule has 0 bridgehead atoms. The highest BCUT2D eigenvalue weighted by Gasteiger charge is 2.19. The fourth-order valence-electron chi connectivity index (χ4n) is 1.44.